The van der Waals surface area contributed by atoms with Crippen LogP contribution in [0, 0.1) is 46.3 Å². The predicted octanol–water partition coefficient (Wildman–Crippen LogP) is 22.9. The van der Waals surface area contributed by atoms with Crippen molar-refractivity contribution in [3.8, 4) is 23.0 Å². The number of unbranched alkanes of at least 4 members (excludes halogenated alkanes) is 22. The van der Waals surface area contributed by atoms with Crippen molar-refractivity contribution in [3.63, 3.8) is 0 Å². The Kier molecular flexibility index (Phi) is 29.1. The second kappa shape index (κ2) is 37.0. The van der Waals surface area contributed by atoms with Crippen LogP contribution in [-0.4, -0.2) is 46.8 Å². The summed E-state index contributed by atoms with van der Waals surface area (Å²) in [5.74, 6) is 7.39. The highest BCUT2D eigenvalue weighted by atomic mass is 32.2. The van der Waals surface area contributed by atoms with Crippen LogP contribution in [0.4, 0.5) is 5.69 Å². The minimum Gasteiger partial charge on any atom is -0.494 e. The van der Waals surface area contributed by atoms with Crippen LogP contribution in [-0.2, 0) is 9.53 Å². The second-order valence-corrected chi connectivity index (χ2v) is 29.4. The van der Waals surface area contributed by atoms with Crippen LogP contribution in [0.15, 0.2) is 99.1 Å². The lowest BCUT2D eigenvalue weighted by atomic mass is 9.47. The molecule has 0 N–H and O–H groups in total. The largest absolute Gasteiger partial charge is 0.494 e. The average molecular weight is 1220 g/mol. The summed E-state index contributed by atoms with van der Waals surface area (Å²) in [6.45, 7) is 15.6. The van der Waals surface area contributed by atoms with Gasteiger partial charge in [0, 0.05) is 30.4 Å². The number of rotatable bonds is 41. The molecule has 3 saturated carbocycles. The number of carbonyl (C=O) groups excluding carboxylic acids is 2. The summed E-state index contributed by atoms with van der Waals surface area (Å²) in [4.78, 5) is 30.6. The van der Waals surface area contributed by atoms with Crippen molar-refractivity contribution < 1.29 is 28.2 Å². The molecule has 0 spiro atoms. The van der Waals surface area contributed by atoms with Gasteiger partial charge >= 0.3 is 11.9 Å². The van der Waals surface area contributed by atoms with Gasteiger partial charge in [0.1, 0.15) is 17.6 Å². The van der Waals surface area contributed by atoms with Crippen molar-refractivity contribution >= 4 is 35.6 Å². The molecule has 0 amide bonds. The molecule has 0 radical (unpaired) electrons. The van der Waals surface area contributed by atoms with Gasteiger partial charge in [-0.15, -0.1) is 10.2 Å². The predicted molar refractivity (Wildman–Crippen MR) is 365 cm³/mol. The zero-order valence-corrected chi connectivity index (χ0v) is 56.5. The minimum atomic E-state index is -0.407. The van der Waals surface area contributed by atoms with E-state index in [1.807, 2.05) is 48.5 Å². The first-order chi connectivity index (χ1) is 42.9. The standard InChI is InChI=1S/C78H115N3O6S/c1-7-8-9-10-11-12-13-14-15-16-17-18-20-23-26-29-55-84-66-46-39-63(40-47-66)75(83)86-67-44-35-61(36-45-67)58-79-65-42-37-62(38-43-65)74-80-81-76(87-74)88-56-30-27-24-21-19-22-25-28-34-73(82)85-68-51-53-77(5)64(57-68)41-48-69-71-50-49-70(60(4)33-31-32-59(2)3)78(71,6)54-52-72(69)77/h35-47,58-60,68-72H,7-34,48-57H2,1-6H3/t60-,68?,69+,70-,71+,72+,77+,78-/m1/s1. The van der Waals surface area contributed by atoms with E-state index in [1.165, 1.54) is 186 Å². The van der Waals surface area contributed by atoms with Gasteiger partial charge in [-0.1, -0.05) is 219 Å². The number of aromatic nitrogens is 2. The lowest BCUT2D eigenvalue weighted by molar-refractivity contribution is -0.151. The molecule has 0 bridgehead atoms. The van der Waals surface area contributed by atoms with Crippen LogP contribution in [0.1, 0.15) is 289 Å². The van der Waals surface area contributed by atoms with Gasteiger partial charge in [0.15, 0.2) is 0 Å². The molecule has 9 nitrogen and oxygen atoms in total. The van der Waals surface area contributed by atoms with Gasteiger partial charge in [-0.05, 0) is 189 Å². The highest BCUT2D eigenvalue weighted by Gasteiger charge is 2.59. The monoisotopic (exact) mass is 1220 g/mol. The van der Waals surface area contributed by atoms with Gasteiger partial charge in [0.25, 0.3) is 5.22 Å². The van der Waals surface area contributed by atoms with Gasteiger partial charge in [-0.2, -0.15) is 0 Å². The van der Waals surface area contributed by atoms with E-state index in [0.717, 1.165) is 102 Å². The van der Waals surface area contributed by atoms with Crippen molar-refractivity contribution in [2.45, 2.75) is 284 Å². The number of aliphatic imine (C=N–C) groups is 1. The van der Waals surface area contributed by atoms with Gasteiger partial charge in [-0.25, -0.2) is 4.79 Å². The lowest BCUT2D eigenvalue weighted by Crippen LogP contribution is -2.51. The zero-order chi connectivity index (χ0) is 61.8. The smallest absolute Gasteiger partial charge is 0.343 e. The lowest BCUT2D eigenvalue weighted by Gasteiger charge is -2.58. The van der Waals surface area contributed by atoms with Gasteiger partial charge in [-0.3, -0.25) is 9.79 Å². The molecule has 0 aliphatic heterocycles. The Morgan fingerprint density at radius 2 is 1.28 bits per heavy atom. The Hall–Kier alpha value is -4.70. The maximum Gasteiger partial charge on any atom is 0.343 e. The number of esters is 2. The van der Waals surface area contributed by atoms with Crippen LogP contribution >= 0.6 is 11.8 Å². The topological polar surface area (TPSA) is 113 Å². The molecule has 0 saturated heterocycles. The minimum absolute atomic E-state index is 0.0160. The molecule has 1 heterocycles. The quantitative estimate of drug-likeness (QED) is 0.0107. The van der Waals surface area contributed by atoms with Crippen molar-refractivity contribution in [2.75, 3.05) is 12.4 Å². The molecule has 1 unspecified atom stereocenters. The maximum absolute atomic E-state index is 13.1. The highest BCUT2D eigenvalue weighted by molar-refractivity contribution is 7.99. The molecule has 88 heavy (non-hydrogen) atoms. The van der Waals surface area contributed by atoms with Crippen molar-refractivity contribution in [2.24, 2.45) is 51.3 Å². The summed E-state index contributed by atoms with van der Waals surface area (Å²) in [6.07, 6.45) is 50.1. The van der Waals surface area contributed by atoms with Crippen LogP contribution in [0.2, 0.25) is 0 Å². The first-order valence-corrected chi connectivity index (χ1v) is 36.9. The van der Waals surface area contributed by atoms with E-state index < -0.39 is 5.97 Å². The van der Waals surface area contributed by atoms with E-state index in [4.69, 9.17) is 18.6 Å². The number of nitrogens with zero attached hydrogens (tertiary/aromatic N) is 3. The number of allylic oxidation sites excluding steroid dienone is 1. The molecule has 4 aliphatic rings. The highest BCUT2D eigenvalue weighted by Crippen LogP contribution is 2.67. The van der Waals surface area contributed by atoms with Crippen molar-refractivity contribution in [1.29, 1.82) is 0 Å². The van der Waals surface area contributed by atoms with E-state index in [0.29, 0.717) is 40.9 Å². The molecule has 484 valence electrons. The van der Waals surface area contributed by atoms with Gasteiger partial charge in [0.2, 0.25) is 5.89 Å². The molecular weight excluding hydrogens is 1110 g/mol. The Bertz CT molecular complexity index is 2700. The summed E-state index contributed by atoms with van der Waals surface area (Å²) in [7, 11) is 0. The van der Waals surface area contributed by atoms with Gasteiger partial charge in [0.05, 0.1) is 17.9 Å². The fraction of sp³-hybridized carbons (Fsp3) is 0.679. The molecule has 3 fully saturated rings. The van der Waals surface area contributed by atoms with E-state index in [1.54, 1.807) is 47.8 Å². The molecule has 3 aromatic carbocycles. The second-order valence-electron chi connectivity index (χ2n) is 28.4. The normalized spacial score (nSPS) is 22.7. The SMILES string of the molecule is CCCCCCCCCCCCCCCCCCOc1ccc(C(=O)Oc2ccc(C=Nc3ccc(-c4nnc(SCCCCCCCCCCC(=O)OC5CC[C@@]6(C)C(=CC[C@H]7[C@@H]8CC[C@H]([C@H](C)CCCC(C)C)[C@@]8(C)CC[C@@H]76)C5)o4)cc3)cc2)cc1. The number of carbonyl (C=O) groups is 2. The van der Waals surface area contributed by atoms with Crippen molar-refractivity contribution in [1.82, 2.24) is 10.2 Å². The van der Waals surface area contributed by atoms with Crippen LogP contribution in [0.25, 0.3) is 11.5 Å². The van der Waals surface area contributed by atoms with Crippen LogP contribution in [0.3, 0.4) is 0 Å². The first kappa shape index (κ1) is 69.2. The van der Waals surface area contributed by atoms with E-state index >= 15 is 0 Å². The van der Waals surface area contributed by atoms with E-state index in [2.05, 4.69) is 62.8 Å². The maximum atomic E-state index is 13.1. The molecule has 4 aromatic rings. The number of benzene rings is 3. The summed E-state index contributed by atoms with van der Waals surface area (Å²) in [6, 6.07) is 22.3. The fourth-order valence-corrected chi connectivity index (χ4v) is 16.9. The third-order valence-electron chi connectivity index (χ3n) is 21.4. The van der Waals surface area contributed by atoms with E-state index in [9.17, 15) is 9.59 Å². The average Bonchev–Trinajstić information content (AvgIpc) is 1.50. The fourth-order valence-electron chi connectivity index (χ4n) is 16.1. The Morgan fingerprint density at radius 1 is 0.659 bits per heavy atom. The molecular formula is C78H115N3O6S. The summed E-state index contributed by atoms with van der Waals surface area (Å²) in [5, 5.41) is 9.20. The third kappa shape index (κ3) is 21.5. The number of ether oxygens (including phenoxy) is 3. The van der Waals surface area contributed by atoms with Crippen molar-refractivity contribution in [3.05, 3.63) is 95.6 Å². The number of thioether (sulfide) groups is 1. The first-order valence-electron chi connectivity index (χ1n) is 36.0. The van der Waals surface area contributed by atoms with Gasteiger partial charge < -0.3 is 18.6 Å². The van der Waals surface area contributed by atoms with Crippen LogP contribution < -0.4 is 9.47 Å². The third-order valence-corrected chi connectivity index (χ3v) is 22.3. The number of hydrogen-bond acceptors (Lipinski definition) is 10. The molecule has 4 aliphatic carbocycles. The molecule has 8 atom stereocenters. The Labute approximate surface area is 537 Å². The molecule has 8 rings (SSSR count). The summed E-state index contributed by atoms with van der Waals surface area (Å²) in [5.41, 5.74) is 5.43. The number of fused-ring (bicyclic) bond motifs is 5. The number of hydrogen-bond donors (Lipinski definition) is 0. The Balaban J connectivity index is 0.614. The molecule has 1 aromatic heterocycles. The summed E-state index contributed by atoms with van der Waals surface area (Å²) >= 11 is 1.62. The van der Waals surface area contributed by atoms with Crippen LogP contribution in [0.5, 0.6) is 11.5 Å². The summed E-state index contributed by atoms with van der Waals surface area (Å²) < 4.78 is 23.8. The zero-order valence-electron chi connectivity index (χ0n) is 55.7. The Morgan fingerprint density at radius 3 is 1.94 bits per heavy atom. The van der Waals surface area contributed by atoms with E-state index in [-0.39, 0.29) is 17.5 Å². The molecule has 10 heteroatoms.